The molecule has 1 aromatic carbocycles. The van der Waals surface area contributed by atoms with Crippen LogP contribution >= 0.6 is 11.6 Å². The minimum Gasteiger partial charge on any atom is -0.389 e. The fourth-order valence-electron chi connectivity index (χ4n) is 2.91. The summed E-state index contributed by atoms with van der Waals surface area (Å²) in [6.45, 7) is 4.78. The van der Waals surface area contributed by atoms with Crippen molar-refractivity contribution in [3.05, 3.63) is 70.4 Å². The first-order valence-electron chi connectivity index (χ1n) is 7.18. The Morgan fingerprint density at radius 1 is 1.38 bits per heavy atom. The van der Waals surface area contributed by atoms with E-state index in [0.717, 1.165) is 6.07 Å². The molecule has 3 nitrogen and oxygen atoms in total. The van der Waals surface area contributed by atoms with E-state index in [1.54, 1.807) is 6.07 Å². The second-order valence-corrected chi connectivity index (χ2v) is 6.09. The number of hydrogen-bond donors (Lipinski definition) is 1. The Hall–Kier alpha value is -2.05. The van der Waals surface area contributed by atoms with Crippen LogP contribution in [0.5, 0.6) is 0 Å². The third-order valence-corrected chi connectivity index (χ3v) is 4.19. The molecule has 0 bridgehead atoms. The summed E-state index contributed by atoms with van der Waals surface area (Å²) in [5, 5.41) is 10.1. The van der Waals surface area contributed by atoms with Crippen LogP contribution in [0, 0.1) is 5.82 Å². The highest BCUT2D eigenvalue weighted by molar-refractivity contribution is 6.30. The monoisotopic (exact) mass is 354 g/mol. The van der Waals surface area contributed by atoms with Gasteiger partial charge in [-0.1, -0.05) is 18.2 Å². The third kappa shape index (κ3) is 2.56. The number of aromatic nitrogens is 1. The molecule has 2 heterocycles. The quantitative estimate of drug-likeness (QED) is 0.878. The molecular formula is C17H14ClF3N2O. The molecule has 1 aliphatic heterocycles. The Labute approximate surface area is 142 Å². The molecule has 0 fully saturated rings. The minimum atomic E-state index is -3.48. The number of nitrogens with zero attached hydrogens (tertiary/aromatic N) is 2. The molecule has 126 valence electrons. The summed E-state index contributed by atoms with van der Waals surface area (Å²) < 4.78 is 43.4. The molecule has 1 atom stereocenters. The number of rotatable bonds is 3. The van der Waals surface area contributed by atoms with Gasteiger partial charge in [-0.25, -0.2) is 4.39 Å². The zero-order valence-corrected chi connectivity index (χ0v) is 13.5. The van der Waals surface area contributed by atoms with Crippen LogP contribution < -0.4 is 4.90 Å². The predicted octanol–water partition coefficient (Wildman–Crippen LogP) is 4.55. The van der Waals surface area contributed by atoms with Gasteiger partial charge in [0.1, 0.15) is 5.82 Å². The van der Waals surface area contributed by atoms with Gasteiger partial charge in [0.25, 0.3) is 0 Å². The topological polar surface area (TPSA) is 36.4 Å². The Bertz CT molecular complexity index is 823. The molecular weight excluding hydrogens is 341 g/mol. The van der Waals surface area contributed by atoms with Gasteiger partial charge in [0, 0.05) is 24.5 Å². The maximum absolute atomic E-state index is 14.7. The van der Waals surface area contributed by atoms with Crippen LogP contribution in [0.3, 0.4) is 0 Å². The number of benzene rings is 1. The zero-order chi connectivity index (χ0) is 17.6. The predicted molar refractivity (Wildman–Crippen MR) is 85.5 cm³/mol. The lowest BCUT2D eigenvalue weighted by molar-refractivity contribution is 0.0394. The maximum atomic E-state index is 14.7. The molecule has 3 rings (SSSR count). The van der Waals surface area contributed by atoms with E-state index in [0.29, 0.717) is 10.6 Å². The van der Waals surface area contributed by atoms with Gasteiger partial charge in [0.15, 0.2) is 0 Å². The largest absolute Gasteiger partial charge is 0.389 e. The van der Waals surface area contributed by atoms with Crippen molar-refractivity contribution in [2.24, 2.45) is 0 Å². The number of pyridine rings is 1. The lowest BCUT2D eigenvalue weighted by Crippen LogP contribution is -2.23. The van der Waals surface area contributed by atoms with E-state index < -0.39 is 34.7 Å². The van der Waals surface area contributed by atoms with Gasteiger partial charge >= 0.3 is 5.92 Å². The Morgan fingerprint density at radius 2 is 2.08 bits per heavy atom. The van der Waals surface area contributed by atoms with Gasteiger partial charge in [-0.05, 0) is 30.7 Å². The molecule has 1 unspecified atom stereocenters. The molecule has 1 aromatic heterocycles. The van der Waals surface area contributed by atoms with E-state index in [1.165, 1.54) is 30.3 Å². The van der Waals surface area contributed by atoms with Gasteiger partial charge in [-0.2, -0.15) is 8.78 Å². The first kappa shape index (κ1) is 16.8. The van der Waals surface area contributed by atoms with Crippen LogP contribution in [0.1, 0.15) is 29.7 Å². The molecule has 2 aromatic rings. The number of hydrogen-bond acceptors (Lipinski definition) is 3. The number of halogens is 4. The van der Waals surface area contributed by atoms with Crippen molar-refractivity contribution in [2.75, 3.05) is 4.90 Å². The van der Waals surface area contributed by atoms with Gasteiger partial charge in [0.05, 0.1) is 28.1 Å². The molecule has 0 amide bonds. The first-order valence-corrected chi connectivity index (χ1v) is 7.56. The molecule has 1 aliphatic rings. The standard InChI is InChI=1S/C17H14ClF3N2O/c1-9(24)15-13(19)3-4-14-16(15)17(20,21)10(2)23(14)8-11-5-12(18)7-22-6-11/h3-7,9,24H,2,8H2,1H3. The van der Waals surface area contributed by atoms with Crippen molar-refractivity contribution in [3.63, 3.8) is 0 Å². The van der Waals surface area contributed by atoms with Crippen LogP contribution in [0.2, 0.25) is 5.02 Å². The SMILES string of the molecule is C=C1N(Cc2cncc(Cl)c2)c2ccc(F)c(C(C)O)c2C1(F)F. The number of fused-ring (bicyclic) bond motifs is 1. The van der Waals surface area contributed by atoms with E-state index >= 15 is 0 Å². The van der Waals surface area contributed by atoms with Crippen molar-refractivity contribution < 1.29 is 18.3 Å². The fourth-order valence-corrected chi connectivity index (χ4v) is 3.11. The van der Waals surface area contributed by atoms with E-state index in [2.05, 4.69) is 11.6 Å². The summed E-state index contributed by atoms with van der Waals surface area (Å²) in [6, 6.07) is 3.94. The molecule has 0 aliphatic carbocycles. The Balaban J connectivity index is 2.13. The van der Waals surface area contributed by atoms with E-state index in [9.17, 15) is 18.3 Å². The molecule has 1 N–H and O–H groups in total. The van der Waals surface area contributed by atoms with Crippen LogP contribution in [0.15, 0.2) is 42.9 Å². The second kappa shape index (κ2) is 5.79. The number of aliphatic hydroxyl groups is 1. The second-order valence-electron chi connectivity index (χ2n) is 5.65. The van der Waals surface area contributed by atoms with Gasteiger partial charge < -0.3 is 10.0 Å². The molecule has 0 saturated carbocycles. The third-order valence-electron chi connectivity index (χ3n) is 3.98. The smallest absolute Gasteiger partial charge is 0.314 e. The van der Waals surface area contributed by atoms with Crippen molar-refractivity contribution in [3.8, 4) is 0 Å². The maximum Gasteiger partial charge on any atom is 0.314 e. The van der Waals surface area contributed by atoms with Crippen LogP contribution in [-0.4, -0.2) is 10.1 Å². The molecule has 0 spiro atoms. The fraction of sp³-hybridized carbons (Fsp3) is 0.235. The first-order chi connectivity index (χ1) is 11.2. The Morgan fingerprint density at radius 3 is 2.71 bits per heavy atom. The van der Waals surface area contributed by atoms with Gasteiger partial charge in [-0.15, -0.1) is 0 Å². The molecule has 7 heteroatoms. The van der Waals surface area contributed by atoms with E-state index in [4.69, 9.17) is 11.6 Å². The van der Waals surface area contributed by atoms with Crippen molar-refractivity contribution in [2.45, 2.75) is 25.5 Å². The normalized spacial score (nSPS) is 17.1. The van der Waals surface area contributed by atoms with Crippen LogP contribution in [0.25, 0.3) is 0 Å². The highest BCUT2D eigenvalue weighted by Gasteiger charge is 2.50. The summed E-state index contributed by atoms with van der Waals surface area (Å²) >= 11 is 5.88. The highest BCUT2D eigenvalue weighted by Crippen LogP contribution is 2.53. The van der Waals surface area contributed by atoms with Crippen LogP contribution in [-0.2, 0) is 12.5 Å². The minimum absolute atomic E-state index is 0.0554. The van der Waals surface area contributed by atoms with Gasteiger partial charge in [-0.3, -0.25) is 4.98 Å². The lowest BCUT2D eigenvalue weighted by Gasteiger charge is -2.21. The van der Waals surface area contributed by atoms with Crippen molar-refractivity contribution in [1.82, 2.24) is 4.98 Å². The summed E-state index contributed by atoms with van der Waals surface area (Å²) in [5.74, 6) is -4.35. The molecule has 0 radical (unpaired) electrons. The average molecular weight is 355 g/mol. The zero-order valence-electron chi connectivity index (χ0n) is 12.7. The van der Waals surface area contributed by atoms with Crippen LogP contribution in [0.4, 0.5) is 18.9 Å². The lowest BCUT2D eigenvalue weighted by atomic mass is 9.97. The Kier molecular flexibility index (Phi) is 4.05. The molecule has 0 saturated heterocycles. The molecule has 24 heavy (non-hydrogen) atoms. The van der Waals surface area contributed by atoms with Gasteiger partial charge in [0.2, 0.25) is 0 Å². The number of aliphatic hydroxyl groups excluding tert-OH is 1. The summed E-state index contributed by atoms with van der Waals surface area (Å²) in [5.41, 5.74) is -0.717. The van der Waals surface area contributed by atoms with Crippen molar-refractivity contribution in [1.29, 1.82) is 0 Å². The van der Waals surface area contributed by atoms with E-state index in [1.807, 2.05) is 0 Å². The summed E-state index contributed by atoms with van der Waals surface area (Å²) in [7, 11) is 0. The average Bonchev–Trinajstić information content (AvgIpc) is 2.68. The number of allylic oxidation sites excluding steroid dienone is 1. The van der Waals surface area contributed by atoms with E-state index in [-0.39, 0.29) is 12.2 Å². The number of anilines is 1. The number of alkyl halides is 2. The van der Waals surface area contributed by atoms with Crippen molar-refractivity contribution >= 4 is 17.3 Å². The highest BCUT2D eigenvalue weighted by atomic mass is 35.5. The summed E-state index contributed by atoms with van der Waals surface area (Å²) in [4.78, 5) is 5.21. The summed E-state index contributed by atoms with van der Waals surface area (Å²) in [6.07, 6.45) is 1.58.